The van der Waals surface area contributed by atoms with E-state index < -0.39 is 32.6 Å². The molecule has 27 heavy (non-hydrogen) atoms. The van der Waals surface area contributed by atoms with Crippen LogP contribution in [-0.4, -0.2) is 34.3 Å². The molecular formula is C15H11F3N4O4S. The third-order valence-corrected chi connectivity index (χ3v) is 4.86. The van der Waals surface area contributed by atoms with E-state index in [1.165, 1.54) is 23.1 Å². The number of carboxylic acids is 1. The number of aromatic carboxylic acids is 1. The zero-order valence-electron chi connectivity index (χ0n) is 13.2. The summed E-state index contributed by atoms with van der Waals surface area (Å²) in [4.78, 5) is 12.7. The summed E-state index contributed by atoms with van der Waals surface area (Å²) in [5.74, 6) is -1.38. The minimum absolute atomic E-state index is 0.0607. The molecule has 1 aromatic carbocycles. The largest absolute Gasteiger partial charge is 0.477 e. The highest BCUT2D eigenvalue weighted by molar-refractivity contribution is 7.92. The predicted molar refractivity (Wildman–Crippen MR) is 87.1 cm³/mol. The van der Waals surface area contributed by atoms with Crippen molar-refractivity contribution in [1.82, 2.24) is 14.8 Å². The Labute approximate surface area is 150 Å². The number of halogens is 3. The van der Waals surface area contributed by atoms with Crippen LogP contribution in [0, 0.1) is 0 Å². The number of rotatable bonds is 5. The molecule has 0 saturated carbocycles. The zero-order chi connectivity index (χ0) is 19.8. The molecular weight excluding hydrogens is 389 g/mol. The van der Waals surface area contributed by atoms with Gasteiger partial charge in [-0.05, 0) is 30.3 Å². The van der Waals surface area contributed by atoms with Gasteiger partial charge in [-0.1, -0.05) is 0 Å². The van der Waals surface area contributed by atoms with Crippen molar-refractivity contribution in [3.05, 3.63) is 60.2 Å². The molecule has 0 aliphatic carbocycles. The number of aromatic amines is 1. The summed E-state index contributed by atoms with van der Waals surface area (Å²) in [6, 6.07) is 4.88. The summed E-state index contributed by atoms with van der Waals surface area (Å²) in [5.41, 5.74) is -1.75. The molecule has 3 N–H and O–H groups in total. The predicted octanol–water partition coefficient (Wildman–Crippen LogP) is 2.72. The Morgan fingerprint density at radius 2 is 2.00 bits per heavy atom. The Morgan fingerprint density at radius 3 is 2.56 bits per heavy atom. The molecule has 0 unspecified atom stereocenters. The lowest BCUT2D eigenvalue weighted by molar-refractivity contribution is -0.137. The van der Waals surface area contributed by atoms with Gasteiger partial charge in [-0.3, -0.25) is 4.72 Å². The average molecular weight is 400 g/mol. The van der Waals surface area contributed by atoms with Gasteiger partial charge in [0.1, 0.15) is 10.6 Å². The number of aromatic nitrogens is 3. The number of anilines is 1. The van der Waals surface area contributed by atoms with E-state index in [4.69, 9.17) is 5.11 Å². The monoisotopic (exact) mass is 400 g/mol. The van der Waals surface area contributed by atoms with Gasteiger partial charge in [-0.15, -0.1) is 0 Å². The molecule has 3 rings (SSSR count). The lowest BCUT2D eigenvalue weighted by atomic mass is 10.1. The van der Waals surface area contributed by atoms with Gasteiger partial charge in [-0.25, -0.2) is 17.9 Å². The SMILES string of the molecule is O=C(O)c1cc(S(=O)(=O)Nc2cc(C(F)(F)F)ccc2-n2cccn2)c[nH]1. The number of carbonyl (C=O) groups is 1. The highest BCUT2D eigenvalue weighted by Gasteiger charge is 2.32. The van der Waals surface area contributed by atoms with Crippen molar-refractivity contribution in [2.75, 3.05) is 4.72 Å². The smallest absolute Gasteiger partial charge is 0.416 e. The van der Waals surface area contributed by atoms with Crippen LogP contribution in [0.25, 0.3) is 5.69 Å². The third kappa shape index (κ3) is 3.79. The van der Waals surface area contributed by atoms with Crippen molar-refractivity contribution in [2.24, 2.45) is 0 Å². The number of sulfonamides is 1. The van der Waals surface area contributed by atoms with Crippen LogP contribution in [0.15, 0.2) is 53.8 Å². The lowest BCUT2D eigenvalue weighted by Gasteiger charge is -2.15. The van der Waals surface area contributed by atoms with Crippen molar-refractivity contribution >= 4 is 21.7 Å². The number of H-pyrrole nitrogens is 1. The maximum atomic E-state index is 13.0. The molecule has 142 valence electrons. The van der Waals surface area contributed by atoms with Crippen molar-refractivity contribution < 1.29 is 31.5 Å². The normalized spacial score (nSPS) is 12.1. The summed E-state index contributed by atoms with van der Waals surface area (Å²) in [6.07, 6.45) is -0.957. The first-order chi connectivity index (χ1) is 12.6. The third-order valence-electron chi connectivity index (χ3n) is 3.52. The van der Waals surface area contributed by atoms with Gasteiger partial charge in [0, 0.05) is 18.6 Å². The molecule has 0 radical (unpaired) electrons. The minimum Gasteiger partial charge on any atom is -0.477 e. The summed E-state index contributed by atoms with van der Waals surface area (Å²) in [7, 11) is -4.35. The summed E-state index contributed by atoms with van der Waals surface area (Å²) in [6.45, 7) is 0. The first kappa shape index (κ1) is 18.5. The van der Waals surface area contributed by atoms with E-state index in [2.05, 4.69) is 14.8 Å². The Morgan fingerprint density at radius 1 is 1.26 bits per heavy atom. The molecule has 0 atom stereocenters. The zero-order valence-corrected chi connectivity index (χ0v) is 14.0. The van der Waals surface area contributed by atoms with E-state index in [0.717, 1.165) is 24.4 Å². The summed E-state index contributed by atoms with van der Waals surface area (Å²) >= 11 is 0. The number of hydrogen-bond donors (Lipinski definition) is 3. The maximum absolute atomic E-state index is 13.0. The van der Waals surface area contributed by atoms with Crippen molar-refractivity contribution in [1.29, 1.82) is 0 Å². The van der Waals surface area contributed by atoms with E-state index in [0.29, 0.717) is 6.07 Å². The molecule has 0 spiro atoms. The highest BCUT2D eigenvalue weighted by Crippen LogP contribution is 2.34. The Hall–Kier alpha value is -3.28. The molecule has 0 bridgehead atoms. The van der Waals surface area contributed by atoms with Crippen LogP contribution < -0.4 is 4.72 Å². The second-order valence-electron chi connectivity index (χ2n) is 5.34. The van der Waals surface area contributed by atoms with Gasteiger partial charge in [0.25, 0.3) is 10.0 Å². The second kappa shape index (κ2) is 6.46. The molecule has 0 fully saturated rings. The van der Waals surface area contributed by atoms with Crippen LogP contribution in [0.3, 0.4) is 0 Å². The van der Waals surface area contributed by atoms with Gasteiger partial charge in [0.05, 0.1) is 16.9 Å². The molecule has 3 aromatic rings. The van der Waals surface area contributed by atoms with Crippen molar-refractivity contribution in [3.63, 3.8) is 0 Å². The van der Waals surface area contributed by atoms with Crippen LogP contribution in [-0.2, 0) is 16.2 Å². The van der Waals surface area contributed by atoms with Crippen molar-refractivity contribution in [2.45, 2.75) is 11.1 Å². The quantitative estimate of drug-likeness (QED) is 0.609. The molecule has 0 saturated heterocycles. The number of nitrogens with one attached hydrogen (secondary N) is 2. The first-order valence-electron chi connectivity index (χ1n) is 7.24. The van der Waals surface area contributed by atoms with Gasteiger partial charge >= 0.3 is 12.1 Å². The number of alkyl halides is 3. The van der Waals surface area contributed by atoms with Gasteiger partial charge in [-0.2, -0.15) is 18.3 Å². The van der Waals surface area contributed by atoms with E-state index in [-0.39, 0.29) is 17.1 Å². The van der Waals surface area contributed by atoms with Gasteiger partial charge in [0.2, 0.25) is 0 Å². The Kier molecular flexibility index (Phi) is 4.43. The Bertz CT molecular complexity index is 1090. The molecule has 0 aliphatic heterocycles. The van der Waals surface area contributed by atoms with Crippen molar-refractivity contribution in [3.8, 4) is 5.69 Å². The number of benzene rings is 1. The average Bonchev–Trinajstić information content (AvgIpc) is 3.26. The maximum Gasteiger partial charge on any atom is 0.416 e. The van der Waals surface area contributed by atoms with Crippen LogP contribution in [0.1, 0.15) is 16.1 Å². The van der Waals surface area contributed by atoms with E-state index in [1.54, 1.807) is 0 Å². The first-order valence-corrected chi connectivity index (χ1v) is 8.72. The summed E-state index contributed by atoms with van der Waals surface area (Å²) < 4.78 is 67.3. The standard InChI is InChI=1S/C15H11F3N4O4S/c16-15(17,18)9-2-3-13(22-5-1-4-20-22)11(6-9)21-27(25,26)10-7-12(14(23)24)19-8-10/h1-8,19,21H,(H,23,24). The number of hydrogen-bond acceptors (Lipinski definition) is 4. The molecule has 0 aliphatic rings. The van der Waals surface area contributed by atoms with Gasteiger partial charge < -0.3 is 10.1 Å². The summed E-state index contributed by atoms with van der Waals surface area (Å²) in [5, 5.41) is 12.8. The number of nitrogens with zero attached hydrogens (tertiary/aromatic N) is 2. The highest BCUT2D eigenvalue weighted by atomic mass is 32.2. The molecule has 0 amide bonds. The van der Waals surface area contributed by atoms with E-state index in [1.807, 2.05) is 0 Å². The molecule has 2 aromatic heterocycles. The fraction of sp³-hybridized carbons (Fsp3) is 0.0667. The topological polar surface area (TPSA) is 117 Å². The van der Waals surface area contributed by atoms with Crippen LogP contribution in [0.2, 0.25) is 0 Å². The molecule has 12 heteroatoms. The minimum atomic E-state index is -4.69. The van der Waals surface area contributed by atoms with Crippen LogP contribution in [0.5, 0.6) is 0 Å². The van der Waals surface area contributed by atoms with E-state index >= 15 is 0 Å². The fourth-order valence-corrected chi connectivity index (χ4v) is 3.32. The number of carboxylic acid groups (broad SMARTS) is 1. The second-order valence-corrected chi connectivity index (χ2v) is 7.02. The lowest BCUT2D eigenvalue weighted by Crippen LogP contribution is -2.16. The fourth-order valence-electron chi connectivity index (χ4n) is 2.26. The molecule has 8 nitrogen and oxygen atoms in total. The van der Waals surface area contributed by atoms with E-state index in [9.17, 15) is 26.4 Å². The Balaban J connectivity index is 2.06. The molecule has 2 heterocycles. The van der Waals surface area contributed by atoms with Gasteiger partial charge in [0.15, 0.2) is 0 Å². The van der Waals surface area contributed by atoms with Crippen LogP contribution >= 0.6 is 0 Å². The van der Waals surface area contributed by atoms with Crippen LogP contribution in [0.4, 0.5) is 18.9 Å².